The Hall–Kier alpha value is -2.47. The van der Waals surface area contributed by atoms with Crippen LogP contribution >= 0.6 is 11.6 Å². The van der Waals surface area contributed by atoms with Crippen molar-refractivity contribution in [1.29, 1.82) is 0 Å². The molecule has 20 heavy (non-hydrogen) atoms. The van der Waals surface area contributed by atoms with Crippen LogP contribution < -0.4 is 11.1 Å². The highest BCUT2D eigenvalue weighted by Gasteiger charge is 2.14. The van der Waals surface area contributed by atoms with Gasteiger partial charge in [-0.3, -0.25) is 9.59 Å². The molecule has 0 saturated carbocycles. The van der Waals surface area contributed by atoms with Crippen molar-refractivity contribution in [2.24, 2.45) is 5.73 Å². The van der Waals surface area contributed by atoms with E-state index >= 15 is 0 Å². The third kappa shape index (κ3) is 2.92. The minimum absolute atomic E-state index is 0.0735. The fourth-order valence-electron chi connectivity index (χ4n) is 1.54. The van der Waals surface area contributed by atoms with Crippen LogP contribution in [-0.2, 0) is 0 Å². The van der Waals surface area contributed by atoms with Crippen molar-refractivity contribution in [3.63, 3.8) is 0 Å². The Morgan fingerprint density at radius 3 is 2.55 bits per heavy atom. The molecule has 0 saturated heterocycles. The summed E-state index contributed by atoms with van der Waals surface area (Å²) < 4.78 is 13.0. The first-order valence-corrected chi connectivity index (χ1v) is 5.89. The normalized spacial score (nSPS) is 10.1. The number of benzene rings is 1. The number of rotatable bonds is 3. The number of primary amides is 1. The van der Waals surface area contributed by atoms with E-state index in [1.54, 1.807) is 12.1 Å². The minimum Gasteiger partial charge on any atom is -0.366 e. The van der Waals surface area contributed by atoms with Crippen molar-refractivity contribution in [2.75, 3.05) is 5.32 Å². The summed E-state index contributed by atoms with van der Waals surface area (Å²) in [7, 11) is 0. The van der Waals surface area contributed by atoms with Gasteiger partial charge in [-0.2, -0.15) is 0 Å². The zero-order chi connectivity index (χ0) is 14.7. The lowest BCUT2D eigenvalue weighted by Crippen LogP contribution is -2.19. The van der Waals surface area contributed by atoms with Crippen LogP contribution in [0.15, 0.2) is 36.4 Å². The fraction of sp³-hybridized carbons (Fsp3) is 0. The summed E-state index contributed by atoms with van der Waals surface area (Å²) in [5.74, 6) is -2.02. The predicted molar refractivity (Wildman–Crippen MR) is 72.1 cm³/mol. The smallest absolute Gasteiger partial charge is 0.274 e. The number of nitrogens with one attached hydrogen (secondary N) is 1. The average Bonchev–Trinajstić information content (AvgIpc) is 2.42. The first-order chi connectivity index (χ1) is 9.49. The summed E-state index contributed by atoms with van der Waals surface area (Å²) >= 11 is 5.50. The van der Waals surface area contributed by atoms with Crippen molar-refractivity contribution in [3.8, 4) is 0 Å². The van der Waals surface area contributed by atoms with Gasteiger partial charge in [-0.1, -0.05) is 23.7 Å². The second-order valence-corrected chi connectivity index (χ2v) is 4.19. The largest absolute Gasteiger partial charge is 0.366 e. The highest BCUT2D eigenvalue weighted by Crippen LogP contribution is 2.16. The summed E-state index contributed by atoms with van der Waals surface area (Å²) in [6.45, 7) is 0. The van der Waals surface area contributed by atoms with E-state index in [9.17, 15) is 14.0 Å². The monoisotopic (exact) mass is 293 g/mol. The van der Waals surface area contributed by atoms with Gasteiger partial charge in [0.15, 0.2) is 11.0 Å². The van der Waals surface area contributed by atoms with Crippen LogP contribution in [0.5, 0.6) is 0 Å². The SMILES string of the molecule is NC(=O)c1ccccc1NC(=O)c1ccc(F)c(Cl)n1. The Kier molecular flexibility index (Phi) is 3.95. The quantitative estimate of drug-likeness (QED) is 0.851. The lowest BCUT2D eigenvalue weighted by molar-refractivity contribution is 0.100. The summed E-state index contributed by atoms with van der Waals surface area (Å²) in [5, 5.41) is 2.07. The van der Waals surface area contributed by atoms with Crippen LogP contribution in [0.2, 0.25) is 5.15 Å². The molecule has 2 aromatic rings. The van der Waals surface area contributed by atoms with E-state index < -0.39 is 22.8 Å². The third-order valence-corrected chi connectivity index (χ3v) is 2.74. The number of aromatic nitrogens is 1. The van der Waals surface area contributed by atoms with Gasteiger partial charge in [-0.25, -0.2) is 9.37 Å². The number of halogens is 2. The number of para-hydroxylation sites is 1. The summed E-state index contributed by atoms with van der Waals surface area (Å²) in [4.78, 5) is 26.8. The maximum atomic E-state index is 13.0. The topological polar surface area (TPSA) is 85.1 Å². The van der Waals surface area contributed by atoms with Crippen LogP contribution in [0.3, 0.4) is 0 Å². The maximum Gasteiger partial charge on any atom is 0.274 e. The van der Waals surface area contributed by atoms with Gasteiger partial charge >= 0.3 is 0 Å². The van der Waals surface area contributed by atoms with Crippen molar-refractivity contribution < 1.29 is 14.0 Å². The standard InChI is InChI=1S/C13H9ClFN3O2/c14-11-8(15)5-6-10(17-11)13(20)18-9-4-2-1-3-7(9)12(16)19/h1-6H,(H2,16,19)(H,18,20). The van der Waals surface area contributed by atoms with Gasteiger partial charge in [-0.05, 0) is 24.3 Å². The second-order valence-electron chi connectivity index (χ2n) is 3.83. The van der Waals surface area contributed by atoms with E-state index in [4.69, 9.17) is 17.3 Å². The van der Waals surface area contributed by atoms with Gasteiger partial charge in [0.05, 0.1) is 11.3 Å². The molecule has 1 heterocycles. The van der Waals surface area contributed by atoms with Gasteiger partial charge in [0.2, 0.25) is 0 Å². The Balaban J connectivity index is 2.28. The number of amides is 2. The number of anilines is 1. The summed E-state index contributed by atoms with van der Waals surface area (Å²) in [6, 6.07) is 8.45. The van der Waals surface area contributed by atoms with Gasteiger partial charge in [0, 0.05) is 0 Å². The number of nitrogens with two attached hydrogens (primary N) is 1. The van der Waals surface area contributed by atoms with Gasteiger partial charge in [0.1, 0.15) is 5.69 Å². The summed E-state index contributed by atoms with van der Waals surface area (Å²) in [5.41, 5.74) is 5.53. The average molecular weight is 294 g/mol. The van der Waals surface area contributed by atoms with Crippen molar-refractivity contribution in [1.82, 2.24) is 4.98 Å². The molecule has 0 radical (unpaired) electrons. The van der Waals surface area contributed by atoms with Crippen LogP contribution in [0.25, 0.3) is 0 Å². The zero-order valence-corrected chi connectivity index (χ0v) is 10.8. The van der Waals surface area contributed by atoms with Crippen LogP contribution in [0.1, 0.15) is 20.8 Å². The molecular formula is C13H9ClFN3O2. The molecule has 0 aliphatic rings. The van der Waals surface area contributed by atoms with E-state index in [1.807, 2.05) is 0 Å². The lowest BCUT2D eigenvalue weighted by Gasteiger charge is -2.08. The number of hydrogen-bond acceptors (Lipinski definition) is 3. The number of hydrogen-bond donors (Lipinski definition) is 2. The molecule has 0 aliphatic heterocycles. The lowest BCUT2D eigenvalue weighted by atomic mass is 10.1. The van der Waals surface area contributed by atoms with E-state index in [1.165, 1.54) is 18.2 Å². The molecule has 1 aromatic heterocycles. The number of pyridine rings is 1. The highest BCUT2D eigenvalue weighted by atomic mass is 35.5. The Morgan fingerprint density at radius 1 is 1.20 bits per heavy atom. The zero-order valence-electron chi connectivity index (χ0n) is 10.1. The minimum atomic E-state index is -0.722. The molecular weight excluding hydrogens is 285 g/mol. The van der Waals surface area contributed by atoms with Gasteiger partial charge in [-0.15, -0.1) is 0 Å². The third-order valence-electron chi connectivity index (χ3n) is 2.48. The second kappa shape index (κ2) is 5.66. The molecule has 2 rings (SSSR count). The Labute approximate surface area is 118 Å². The molecule has 1 aromatic carbocycles. The molecule has 3 N–H and O–H groups in total. The predicted octanol–water partition coefficient (Wildman–Crippen LogP) is 2.23. The molecule has 2 amide bonds. The Morgan fingerprint density at radius 2 is 1.90 bits per heavy atom. The van der Waals surface area contributed by atoms with Crippen molar-refractivity contribution >= 4 is 29.1 Å². The van der Waals surface area contributed by atoms with E-state index in [0.29, 0.717) is 0 Å². The van der Waals surface area contributed by atoms with E-state index in [2.05, 4.69) is 10.3 Å². The maximum absolute atomic E-state index is 13.0. The molecule has 0 aliphatic carbocycles. The molecule has 7 heteroatoms. The van der Waals surface area contributed by atoms with Crippen molar-refractivity contribution in [3.05, 3.63) is 58.6 Å². The first kappa shape index (κ1) is 14.0. The molecule has 0 fully saturated rings. The van der Waals surface area contributed by atoms with Crippen LogP contribution in [0.4, 0.5) is 10.1 Å². The number of carbonyl (C=O) groups excluding carboxylic acids is 2. The molecule has 5 nitrogen and oxygen atoms in total. The molecule has 0 atom stereocenters. The molecule has 102 valence electrons. The molecule has 0 unspecified atom stereocenters. The highest BCUT2D eigenvalue weighted by molar-refractivity contribution is 6.29. The first-order valence-electron chi connectivity index (χ1n) is 5.51. The van der Waals surface area contributed by atoms with Crippen LogP contribution in [0, 0.1) is 5.82 Å². The fourth-order valence-corrected chi connectivity index (χ4v) is 1.69. The number of carbonyl (C=O) groups is 2. The molecule has 0 spiro atoms. The van der Waals surface area contributed by atoms with E-state index in [-0.39, 0.29) is 16.9 Å². The van der Waals surface area contributed by atoms with E-state index in [0.717, 1.165) is 6.07 Å². The van der Waals surface area contributed by atoms with Gasteiger partial charge < -0.3 is 11.1 Å². The van der Waals surface area contributed by atoms with Crippen molar-refractivity contribution in [2.45, 2.75) is 0 Å². The number of nitrogens with zero attached hydrogens (tertiary/aromatic N) is 1. The summed E-state index contributed by atoms with van der Waals surface area (Å²) in [6.07, 6.45) is 0. The Bertz CT molecular complexity index is 691. The van der Waals surface area contributed by atoms with Gasteiger partial charge in [0.25, 0.3) is 11.8 Å². The van der Waals surface area contributed by atoms with Crippen LogP contribution in [-0.4, -0.2) is 16.8 Å². The molecule has 0 bridgehead atoms.